The quantitative estimate of drug-likeness (QED) is 0.284. The van der Waals surface area contributed by atoms with E-state index in [0.29, 0.717) is 22.9 Å². The van der Waals surface area contributed by atoms with Crippen LogP contribution in [0.1, 0.15) is 27.0 Å². The summed E-state index contributed by atoms with van der Waals surface area (Å²) in [5.74, 6) is -0.255. The average molecular weight is 395 g/mol. The number of carbonyl (C=O) groups excluding carboxylic acids is 1. The van der Waals surface area contributed by atoms with Crippen molar-refractivity contribution < 1.29 is 14.4 Å². The lowest BCUT2D eigenvalue weighted by Gasteiger charge is -2.10. The van der Waals surface area contributed by atoms with Gasteiger partial charge in [0.1, 0.15) is 17.9 Å². The van der Waals surface area contributed by atoms with Crippen LogP contribution < -0.4 is 10.5 Å². The van der Waals surface area contributed by atoms with Crippen molar-refractivity contribution in [3.63, 3.8) is 0 Å². The number of aryl methyl sites for hydroxylation is 1. The van der Waals surface area contributed by atoms with Crippen molar-refractivity contribution in [1.29, 1.82) is 0 Å². The molecule has 0 saturated carbocycles. The Morgan fingerprint density at radius 3 is 2.57 bits per heavy atom. The molecule has 0 saturated heterocycles. The zero-order valence-corrected chi connectivity index (χ0v) is 16.0. The van der Waals surface area contributed by atoms with Crippen molar-refractivity contribution in [2.24, 2.45) is 10.9 Å². The molecule has 28 heavy (non-hydrogen) atoms. The van der Waals surface area contributed by atoms with Crippen LogP contribution in [-0.2, 0) is 11.4 Å². The number of ether oxygens (including phenoxy) is 1. The second kappa shape index (κ2) is 9.06. The Bertz CT molecular complexity index is 1000. The van der Waals surface area contributed by atoms with Crippen molar-refractivity contribution in [3.05, 3.63) is 100 Å². The first kappa shape index (κ1) is 19.5. The van der Waals surface area contributed by atoms with E-state index in [2.05, 4.69) is 5.16 Å². The molecule has 0 atom stereocenters. The van der Waals surface area contributed by atoms with Crippen LogP contribution in [0.4, 0.5) is 0 Å². The van der Waals surface area contributed by atoms with Gasteiger partial charge in [-0.2, -0.15) is 0 Å². The van der Waals surface area contributed by atoms with Crippen molar-refractivity contribution in [2.45, 2.75) is 13.5 Å². The molecule has 0 aliphatic rings. The maximum Gasteiger partial charge on any atom is 0.369 e. The summed E-state index contributed by atoms with van der Waals surface area (Å²) in [4.78, 5) is 17.5. The highest BCUT2D eigenvalue weighted by atomic mass is 35.5. The predicted molar refractivity (Wildman–Crippen MR) is 110 cm³/mol. The fraction of sp³-hybridized carbons (Fsp3) is 0.0909. The van der Waals surface area contributed by atoms with Crippen LogP contribution in [-0.4, -0.2) is 11.8 Å². The fourth-order valence-electron chi connectivity index (χ4n) is 2.52. The normalized spacial score (nSPS) is 11.1. The highest BCUT2D eigenvalue weighted by molar-refractivity contribution is 6.31. The van der Waals surface area contributed by atoms with Gasteiger partial charge in [-0.25, -0.2) is 4.79 Å². The highest BCUT2D eigenvalue weighted by Gasteiger charge is 2.16. The van der Waals surface area contributed by atoms with Crippen LogP contribution in [0.25, 0.3) is 0 Å². The van der Waals surface area contributed by atoms with Crippen LogP contribution in [0.3, 0.4) is 0 Å². The SMILES string of the molecule is Cc1cccc(/C(N)=N\OC(=O)c2cc(Cl)ccc2OCc2ccccc2)c1. The Balaban J connectivity index is 1.75. The number of nitrogens with zero attached hydrogens (tertiary/aromatic N) is 1. The van der Waals surface area contributed by atoms with Crippen LogP contribution in [0, 0.1) is 6.92 Å². The van der Waals surface area contributed by atoms with Crippen LogP contribution >= 0.6 is 11.6 Å². The maximum absolute atomic E-state index is 12.5. The molecule has 5 nitrogen and oxygen atoms in total. The predicted octanol–water partition coefficient (Wildman–Crippen LogP) is 4.70. The average Bonchev–Trinajstić information content (AvgIpc) is 2.71. The molecule has 3 aromatic rings. The Morgan fingerprint density at radius 1 is 1.04 bits per heavy atom. The summed E-state index contributed by atoms with van der Waals surface area (Å²) >= 11 is 6.03. The topological polar surface area (TPSA) is 73.9 Å². The van der Waals surface area contributed by atoms with Gasteiger partial charge in [-0.3, -0.25) is 0 Å². The van der Waals surface area contributed by atoms with Gasteiger partial charge >= 0.3 is 5.97 Å². The maximum atomic E-state index is 12.5. The third-order valence-electron chi connectivity index (χ3n) is 3.94. The van der Waals surface area contributed by atoms with E-state index in [1.807, 2.05) is 55.5 Å². The molecule has 0 heterocycles. The second-order valence-corrected chi connectivity index (χ2v) is 6.58. The molecular formula is C22H19ClN2O3. The Kier molecular flexibility index (Phi) is 6.29. The van der Waals surface area contributed by atoms with Crippen LogP contribution in [0.15, 0.2) is 78.0 Å². The number of benzene rings is 3. The lowest BCUT2D eigenvalue weighted by Crippen LogP contribution is -2.15. The Morgan fingerprint density at radius 2 is 1.82 bits per heavy atom. The van der Waals surface area contributed by atoms with Crippen molar-refractivity contribution in [1.82, 2.24) is 0 Å². The minimum absolute atomic E-state index is 0.103. The summed E-state index contributed by atoms with van der Waals surface area (Å²) in [5.41, 5.74) is 8.74. The number of hydrogen-bond donors (Lipinski definition) is 1. The molecule has 0 aliphatic carbocycles. The molecular weight excluding hydrogens is 376 g/mol. The summed E-state index contributed by atoms with van der Waals surface area (Å²) in [6.07, 6.45) is 0. The molecule has 0 spiro atoms. The smallest absolute Gasteiger partial charge is 0.369 e. The molecule has 0 fully saturated rings. The minimum Gasteiger partial charge on any atom is -0.488 e. The van der Waals surface area contributed by atoms with Crippen molar-refractivity contribution in [2.75, 3.05) is 0 Å². The first-order valence-electron chi connectivity index (χ1n) is 8.61. The fourth-order valence-corrected chi connectivity index (χ4v) is 2.69. The summed E-state index contributed by atoms with van der Waals surface area (Å²) in [6, 6.07) is 21.8. The van der Waals surface area contributed by atoms with E-state index in [-0.39, 0.29) is 11.4 Å². The van der Waals surface area contributed by atoms with E-state index in [1.54, 1.807) is 18.2 Å². The number of halogens is 1. The molecule has 0 bridgehead atoms. The van der Waals surface area contributed by atoms with Gasteiger partial charge in [-0.15, -0.1) is 0 Å². The minimum atomic E-state index is -0.707. The summed E-state index contributed by atoms with van der Waals surface area (Å²) in [5, 5.41) is 4.13. The van der Waals surface area contributed by atoms with Gasteiger partial charge in [0.25, 0.3) is 0 Å². The Labute approximate surface area is 168 Å². The number of hydrogen-bond acceptors (Lipinski definition) is 4. The van der Waals surface area contributed by atoms with Gasteiger partial charge in [0.2, 0.25) is 0 Å². The van der Waals surface area contributed by atoms with Gasteiger partial charge < -0.3 is 15.3 Å². The van der Waals surface area contributed by atoms with Gasteiger partial charge in [0.05, 0.1) is 0 Å². The first-order valence-corrected chi connectivity index (χ1v) is 8.99. The van der Waals surface area contributed by atoms with Crippen molar-refractivity contribution >= 4 is 23.4 Å². The van der Waals surface area contributed by atoms with E-state index in [4.69, 9.17) is 26.9 Å². The van der Waals surface area contributed by atoms with Gasteiger partial charge in [-0.05, 0) is 36.8 Å². The van der Waals surface area contributed by atoms with E-state index in [0.717, 1.165) is 11.1 Å². The number of amidine groups is 1. The molecule has 0 aliphatic heterocycles. The summed E-state index contributed by atoms with van der Waals surface area (Å²) in [6.45, 7) is 2.24. The second-order valence-electron chi connectivity index (χ2n) is 6.14. The van der Waals surface area contributed by atoms with Crippen molar-refractivity contribution in [3.8, 4) is 5.75 Å². The Hall–Kier alpha value is -3.31. The highest BCUT2D eigenvalue weighted by Crippen LogP contribution is 2.25. The standard InChI is InChI=1S/C22H19ClN2O3/c1-15-6-5-9-17(12-15)21(24)25-28-22(26)19-13-18(23)10-11-20(19)27-14-16-7-3-2-4-8-16/h2-13H,14H2,1H3,(H2,24,25). The number of nitrogens with two attached hydrogens (primary N) is 1. The van der Waals surface area contributed by atoms with E-state index < -0.39 is 5.97 Å². The van der Waals surface area contributed by atoms with Gasteiger partial charge in [0, 0.05) is 10.6 Å². The lowest BCUT2D eigenvalue weighted by atomic mass is 10.1. The third-order valence-corrected chi connectivity index (χ3v) is 4.17. The molecule has 0 unspecified atom stereocenters. The molecule has 6 heteroatoms. The number of rotatable bonds is 6. The van der Waals surface area contributed by atoms with E-state index in [1.165, 1.54) is 6.07 Å². The molecule has 0 aromatic heterocycles. The zero-order valence-electron chi connectivity index (χ0n) is 15.3. The molecule has 0 amide bonds. The summed E-state index contributed by atoms with van der Waals surface area (Å²) in [7, 11) is 0. The van der Waals surface area contributed by atoms with E-state index >= 15 is 0 Å². The molecule has 2 N–H and O–H groups in total. The number of oxime groups is 1. The largest absolute Gasteiger partial charge is 0.488 e. The van der Waals surface area contributed by atoms with Gasteiger partial charge in [-0.1, -0.05) is 70.9 Å². The van der Waals surface area contributed by atoms with Crippen LogP contribution in [0.5, 0.6) is 5.75 Å². The molecule has 3 aromatic carbocycles. The zero-order chi connectivity index (χ0) is 19.9. The van der Waals surface area contributed by atoms with E-state index in [9.17, 15) is 4.79 Å². The van der Waals surface area contributed by atoms with Gasteiger partial charge in [0.15, 0.2) is 5.84 Å². The summed E-state index contributed by atoms with van der Waals surface area (Å²) < 4.78 is 5.77. The van der Waals surface area contributed by atoms with Crippen LogP contribution in [0.2, 0.25) is 5.02 Å². The molecule has 3 rings (SSSR count). The monoisotopic (exact) mass is 394 g/mol. The lowest BCUT2D eigenvalue weighted by molar-refractivity contribution is 0.0511. The number of carbonyl (C=O) groups is 1. The molecule has 142 valence electrons. The molecule has 0 radical (unpaired) electrons. The first-order chi connectivity index (χ1) is 13.5. The third kappa shape index (κ3) is 5.11.